The summed E-state index contributed by atoms with van der Waals surface area (Å²) in [6.45, 7) is 3.94. The lowest BCUT2D eigenvalue weighted by atomic mass is 10.1. The molecule has 0 aromatic heterocycles. The average Bonchev–Trinajstić information content (AvgIpc) is 3.10. The molecule has 1 saturated heterocycles. The van der Waals surface area contributed by atoms with Gasteiger partial charge < -0.3 is 14.6 Å². The number of nitrogens with zero attached hydrogens (tertiary/aromatic N) is 3. The average molecular weight is 329 g/mol. The van der Waals surface area contributed by atoms with Crippen LogP contribution in [0.25, 0.3) is 0 Å². The molecule has 2 heterocycles. The Kier molecular flexibility index (Phi) is 5.13. The molecule has 2 aliphatic heterocycles. The topological polar surface area (TPSA) is 62.2 Å². The lowest BCUT2D eigenvalue weighted by Crippen LogP contribution is -2.54. The van der Waals surface area contributed by atoms with E-state index in [1.54, 1.807) is 4.90 Å². The molecule has 1 atom stereocenters. The van der Waals surface area contributed by atoms with E-state index >= 15 is 0 Å². The van der Waals surface area contributed by atoms with Crippen LogP contribution in [0.4, 0.5) is 0 Å². The number of benzene rings is 1. The summed E-state index contributed by atoms with van der Waals surface area (Å²) >= 11 is 0. The first kappa shape index (κ1) is 16.5. The Morgan fingerprint density at radius 3 is 2.75 bits per heavy atom. The van der Waals surface area contributed by atoms with Crippen molar-refractivity contribution in [3.63, 3.8) is 0 Å². The van der Waals surface area contributed by atoms with E-state index in [1.807, 2.05) is 30.0 Å². The molecule has 2 amide bonds. The second kappa shape index (κ2) is 7.47. The standard InChI is InChI=1S/C18H23N3O3/c1-2-15-12-16(24-19-15)18(23)21-11-10-20(17(22)13-21)9-8-14-6-4-3-5-7-14/h3-7,16H,2,8-13H2,1H3/t16-/m1/s1. The largest absolute Gasteiger partial charge is 0.382 e. The zero-order chi connectivity index (χ0) is 16.9. The molecule has 0 spiro atoms. The van der Waals surface area contributed by atoms with Crippen molar-refractivity contribution in [1.29, 1.82) is 0 Å². The summed E-state index contributed by atoms with van der Waals surface area (Å²) in [6.07, 6.45) is 1.61. The van der Waals surface area contributed by atoms with Crippen LogP contribution >= 0.6 is 0 Å². The molecule has 128 valence electrons. The van der Waals surface area contributed by atoms with Crippen LogP contribution in [0.5, 0.6) is 0 Å². The number of amides is 2. The van der Waals surface area contributed by atoms with E-state index in [1.165, 1.54) is 5.56 Å². The molecule has 24 heavy (non-hydrogen) atoms. The Labute approximate surface area is 142 Å². The maximum Gasteiger partial charge on any atom is 0.267 e. The minimum Gasteiger partial charge on any atom is -0.382 e. The number of carbonyl (C=O) groups is 2. The highest BCUT2D eigenvalue weighted by Gasteiger charge is 2.35. The molecule has 0 unspecified atom stereocenters. The summed E-state index contributed by atoms with van der Waals surface area (Å²) in [7, 11) is 0. The van der Waals surface area contributed by atoms with Gasteiger partial charge in [-0.25, -0.2) is 0 Å². The van der Waals surface area contributed by atoms with Crippen LogP contribution in [0.1, 0.15) is 25.3 Å². The van der Waals surface area contributed by atoms with Gasteiger partial charge in [0.25, 0.3) is 5.91 Å². The van der Waals surface area contributed by atoms with Crippen LogP contribution in [0, 0.1) is 0 Å². The fraction of sp³-hybridized carbons (Fsp3) is 0.500. The molecule has 0 aliphatic carbocycles. The summed E-state index contributed by atoms with van der Waals surface area (Å²) in [5.74, 6) is -0.126. The number of piperazine rings is 1. The van der Waals surface area contributed by atoms with Gasteiger partial charge >= 0.3 is 0 Å². The number of oxime groups is 1. The summed E-state index contributed by atoms with van der Waals surface area (Å²) in [6, 6.07) is 10.1. The summed E-state index contributed by atoms with van der Waals surface area (Å²) in [5, 5.41) is 3.92. The van der Waals surface area contributed by atoms with E-state index in [9.17, 15) is 9.59 Å². The second-order valence-corrected chi connectivity index (χ2v) is 6.19. The molecule has 0 radical (unpaired) electrons. The lowest BCUT2D eigenvalue weighted by molar-refractivity contribution is -0.151. The second-order valence-electron chi connectivity index (χ2n) is 6.19. The van der Waals surface area contributed by atoms with Crippen molar-refractivity contribution >= 4 is 17.5 Å². The quantitative estimate of drug-likeness (QED) is 0.821. The highest BCUT2D eigenvalue weighted by atomic mass is 16.6. The van der Waals surface area contributed by atoms with Gasteiger partial charge in [0.15, 0.2) is 0 Å². The molecule has 0 saturated carbocycles. The molecule has 1 fully saturated rings. The lowest BCUT2D eigenvalue weighted by Gasteiger charge is -2.35. The smallest absolute Gasteiger partial charge is 0.267 e. The van der Waals surface area contributed by atoms with E-state index in [2.05, 4.69) is 17.3 Å². The minimum atomic E-state index is -0.552. The fourth-order valence-corrected chi connectivity index (χ4v) is 3.01. The Morgan fingerprint density at radius 2 is 2.08 bits per heavy atom. The summed E-state index contributed by atoms with van der Waals surface area (Å²) in [5.41, 5.74) is 2.12. The number of hydrogen-bond acceptors (Lipinski definition) is 4. The van der Waals surface area contributed by atoms with Crippen LogP contribution in [-0.4, -0.2) is 59.6 Å². The van der Waals surface area contributed by atoms with Gasteiger partial charge in [0, 0.05) is 26.1 Å². The van der Waals surface area contributed by atoms with Crippen LogP contribution in [-0.2, 0) is 20.8 Å². The number of rotatable bonds is 5. The van der Waals surface area contributed by atoms with E-state index in [0.29, 0.717) is 26.1 Å². The molecule has 0 bridgehead atoms. The molecule has 0 N–H and O–H groups in total. The highest BCUT2D eigenvalue weighted by Crippen LogP contribution is 2.17. The minimum absolute atomic E-state index is 0.000149. The Hall–Kier alpha value is -2.37. The van der Waals surface area contributed by atoms with Gasteiger partial charge in [0.05, 0.1) is 12.3 Å². The van der Waals surface area contributed by atoms with Gasteiger partial charge in [-0.2, -0.15) is 0 Å². The van der Waals surface area contributed by atoms with Crippen molar-refractivity contribution in [2.45, 2.75) is 32.3 Å². The van der Waals surface area contributed by atoms with Crippen molar-refractivity contribution in [3.8, 4) is 0 Å². The van der Waals surface area contributed by atoms with Gasteiger partial charge in [-0.1, -0.05) is 42.4 Å². The molecule has 6 nitrogen and oxygen atoms in total. The summed E-state index contributed by atoms with van der Waals surface area (Å²) in [4.78, 5) is 33.4. The molecule has 3 rings (SSSR count). The van der Waals surface area contributed by atoms with Gasteiger partial charge in [-0.05, 0) is 18.4 Å². The Morgan fingerprint density at radius 1 is 1.29 bits per heavy atom. The van der Waals surface area contributed by atoms with E-state index in [-0.39, 0.29) is 18.4 Å². The predicted molar refractivity (Wildman–Crippen MR) is 90.5 cm³/mol. The third kappa shape index (κ3) is 3.75. The van der Waals surface area contributed by atoms with Gasteiger partial charge in [-0.15, -0.1) is 0 Å². The maximum atomic E-state index is 12.5. The third-order valence-electron chi connectivity index (χ3n) is 4.56. The molecular weight excluding hydrogens is 306 g/mol. The van der Waals surface area contributed by atoms with Crippen molar-refractivity contribution in [3.05, 3.63) is 35.9 Å². The highest BCUT2D eigenvalue weighted by molar-refractivity contribution is 5.94. The van der Waals surface area contributed by atoms with Gasteiger partial charge in [0.2, 0.25) is 12.0 Å². The van der Waals surface area contributed by atoms with Crippen LogP contribution in [0.3, 0.4) is 0 Å². The van der Waals surface area contributed by atoms with E-state index in [4.69, 9.17) is 4.84 Å². The number of carbonyl (C=O) groups excluding carboxylic acids is 2. The molecule has 2 aliphatic rings. The van der Waals surface area contributed by atoms with Gasteiger partial charge in [0.1, 0.15) is 0 Å². The third-order valence-corrected chi connectivity index (χ3v) is 4.56. The van der Waals surface area contributed by atoms with Crippen molar-refractivity contribution in [2.24, 2.45) is 5.16 Å². The number of hydrogen-bond donors (Lipinski definition) is 0. The first-order valence-electron chi connectivity index (χ1n) is 8.49. The van der Waals surface area contributed by atoms with Crippen molar-refractivity contribution in [1.82, 2.24) is 9.80 Å². The Bertz CT molecular complexity index is 630. The van der Waals surface area contributed by atoms with Crippen molar-refractivity contribution < 1.29 is 14.4 Å². The van der Waals surface area contributed by atoms with Crippen LogP contribution < -0.4 is 0 Å². The van der Waals surface area contributed by atoms with Crippen LogP contribution in [0.15, 0.2) is 35.5 Å². The van der Waals surface area contributed by atoms with Crippen LogP contribution in [0.2, 0.25) is 0 Å². The molecule has 1 aromatic carbocycles. The monoisotopic (exact) mass is 329 g/mol. The first-order valence-corrected chi connectivity index (χ1v) is 8.49. The SMILES string of the molecule is CCC1=NO[C@@H](C(=O)N2CCN(CCc3ccccc3)C(=O)C2)C1. The fourth-order valence-electron chi connectivity index (χ4n) is 3.01. The van der Waals surface area contributed by atoms with Crippen molar-refractivity contribution in [2.75, 3.05) is 26.2 Å². The zero-order valence-corrected chi connectivity index (χ0v) is 14.0. The van der Waals surface area contributed by atoms with Gasteiger partial charge in [-0.3, -0.25) is 9.59 Å². The zero-order valence-electron chi connectivity index (χ0n) is 14.0. The van der Waals surface area contributed by atoms with E-state index < -0.39 is 6.10 Å². The summed E-state index contributed by atoms with van der Waals surface area (Å²) < 4.78 is 0. The normalized spacial score (nSPS) is 20.8. The molecule has 1 aromatic rings. The Balaban J connectivity index is 1.48. The van der Waals surface area contributed by atoms with E-state index in [0.717, 1.165) is 18.6 Å². The maximum absolute atomic E-state index is 12.5. The predicted octanol–water partition coefficient (Wildman–Crippen LogP) is 1.45. The molecule has 6 heteroatoms. The molecular formula is C18H23N3O3. The first-order chi connectivity index (χ1) is 11.7.